The summed E-state index contributed by atoms with van der Waals surface area (Å²) in [6.07, 6.45) is 3.13. The number of esters is 1. The van der Waals surface area contributed by atoms with Crippen molar-refractivity contribution in [2.24, 2.45) is 0 Å². The fourth-order valence-electron chi connectivity index (χ4n) is 1.18. The average Bonchev–Trinajstić information content (AvgIpc) is 2.39. The lowest BCUT2D eigenvalue weighted by Gasteiger charge is -2.00. The molecule has 0 unspecified atom stereocenters. The zero-order valence-electron chi connectivity index (χ0n) is 9.62. The maximum Gasteiger partial charge on any atom is 0.334 e. The van der Waals surface area contributed by atoms with Crippen molar-refractivity contribution in [1.82, 2.24) is 0 Å². The van der Waals surface area contributed by atoms with Crippen molar-refractivity contribution in [1.29, 1.82) is 0 Å². The fraction of sp³-hybridized carbons (Fsp3) is 0.154. The lowest BCUT2D eigenvalue weighted by Crippen LogP contribution is -2.05. The Hall–Kier alpha value is -0.960. The molecule has 0 saturated heterocycles. The highest BCUT2D eigenvalue weighted by atomic mass is 35.5. The van der Waals surface area contributed by atoms with Gasteiger partial charge in [-0.1, -0.05) is 35.3 Å². The van der Waals surface area contributed by atoms with Crippen LogP contribution in [0.3, 0.4) is 0 Å². The number of carbonyl (C=O) groups is 1. The lowest BCUT2D eigenvalue weighted by atomic mass is 10.2. The van der Waals surface area contributed by atoms with Gasteiger partial charge in [-0.15, -0.1) is 11.6 Å². The standard InChI is InChI=1S/C13H11Cl3O2/c1-18-13(17)10(8-14)4-7-12(16)9-2-5-11(15)6-3-9/h2-7H,8H2,1H3/b10-4+,12-7-. The largest absolute Gasteiger partial charge is 0.466 e. The van der Waals surface area contributed by atoms with Crippen molar-refractivity contribution >= 4 is 45.8 Å². The number of methoxy groups -OCH3 is 1. The zero-order chi connectivity index (χ0) is 13.5. The first-order valence-electron chi connectivity index (χ1n) is 5.05. The fourth-order valence-corrected chi connectivity index (χ4v) is 1.69. The highest BCUT2D eigenvalue weighted by Crippen LogP contribution is 2.21. The van der Waals surface area contributed by atoms with E-state index in [4.69, 9.17) is 34.8 Å². The molecule has 1 aromatic rings. The molecule has 0 bridgehead atoms. The van der Waals surface area contributed by atoms with Gasteiger partial charge in [-0.2, -0.15) is 0 Å². The molecule has 96 valence electrons. The van der Waals surface area contributed by atoms with Gasteiger partial charge < -0.3 is 4.74 Å². The van der Waals surface area contributed by atoms with Gasteiger partial charge in [0.25, 0.3) is 0 Å². The van der Waals surface area contributed by atoms with Crippen LogP contribution in [0.1, 0.15) is 5.56 Å². The normalized spacial score (nSPS) is 12.4. The molecule has 0 heterocycles. The monoisotopic (exact) mass is 304 g/mol. The minimum atomic E-state index is -0.471. The van der Waals surface area contributed by atoms with Crippen LogP contribution in [0.4, 0.5) is 0 Å². The van der Waals surface area contributed by atoms with Crippen molar-refractivity contribution in [2.45, 2.75) is 0 Å². The maximum absolute atomic E-state index is 11.3. The van der Waals surface area contributed by atoms with Gasteiger partial charge in [0.15, 0.2) is 0 Å². The van der Waals surface area contributed by atoms with E-state index in [0.717, 1.165) is 5.56 Å². The summed E-state index contributed by atoms with van der Waals surface area (Å²) in [5.41, 5.74) is 1.14. The Labute approximate surface area is 121 Å². The van der Waals surface area contributed by atoms with Gasteiger partial charge in [0, 0.05) is 10.1 Å². The smallest absolute Gasteiger partial charge is 0.334 e. The van der Waals surface area contributed by atoms with Gasteiger partial charge in [-0.25, -0.2) is 4.79 Å². The Morgan fingerprint density at radius 3 is 2.39 bits per heavy atom. The predicted octanol–water partition coefficient (Wildman–Crippen LogP) is 4.26. The van der Waals surface area contributed by atoms with Crippen LogP contribution in [0.15, 0.2) is 42.0 Å². The molecule has 0 spiro atoms. The molecule has 18 heavy (non-hydrogen) atoms. The second kappa shape index (κ2) is 7.47. The highest BCUT2D eigenvalue weighted by Gasteiger charge is 2.06. The molecule has 0 aliphatic rings. The SMILES string of the molecule is COC(=O)/C(=C/C=C(\Cl)c1ccc(Cl)cc1)CCl. The second-order valence-corrected chi connectivity index (χ2v) is 4.45. The van der Waals surface area contributed by atoms with Gasteiger partial charge in [0.05, 0.1) is 18.6 Å². The van der Waals surface area contributed by atoms with Crippen LogP contribution in [0.25, 0.3) is 5.03 Å². The molecular weight excluding hydrogens is 294 g/mol. The highest BCUT2D eigenvalue weighted by molar-refractivity contribution is 6.49. The third kappa shape index (κ3) is 4.37. The molecule has 0 radical (unpaired) electrons. The number of rotatable bonds is 4. The molecule has 0 amide bonds. The van der Waals surface area contributed by atoms with Crippen LogP contribution in [-0.2, 0) is 9.53 Å². The topological polar surface area (TPSA) is 26.3 Å². The molecule has 5 heteroatoms. The van der Waals surface area contributed by atoms with Crippen LogP contribution in [0.2, 0.25) is 5.02 Å². The molecule has 0 N–H and O–H groups in total. The molecule has 0 saturated carbocycles. The minimum Gasteiger partial charge on any atom is -0.466 e. The number of allylic oxidation sites excluding steroid dienone is 2. The Morgan fingerprint density at radius 2 is 1.89 bits per heavy atom. The molecule has 2 nitrogen and oxygen atoms in total. The minimum absolute atomic E-state index is 0.0635. The Morgan fingerprint density at radius 1 is 1.28 bits per heavy atom. The Kier molecular flexibility index (Phi) is 6.27. The quantitative estimate of drug-likeness (QED) is 0.359. The molecule has 0 fully saturated rings. The molecule has 1 aromatic carbocycles. The van der Waals surface area contributed by atoms with E-state index in [-0.39, 0.29) is 5.88 Å². The first-order chi connectivity index (χ1) is 8.58. The maximum atomic E-state index is 11.3. The van der Waals surface area contributed by atoms with Crippen LogP contribution in [0.5, 0.6) is 0 Å². The summed E-state index contributed by atoms with van der Waals surface area (Å²) in [6.45, 7) is 0. The number of halogens is 3. The third-order valence-electron chi connectivity index (χ3n) is 2.14. The summed E-state index contributed by atoms with van der Waals surface area (Å²) < 4.78 is 4.58. The van der Waals surface area contributed by atoms with Crippen LogP contribution >= 0.6 is 34.8 Å². The van der Waals surface area contributed by atoms with E-state index in [1.54, 1.807) is 30.3 Å². The number of ether oxygens (including phenoxy) is 1. The predicted molar refractivity (Wildman–Crippen MR) is 76.1 cm³/mol. The van der Waals surface area contributed by atoms with Crippen LogP contribution in [-0.4, -0.2) is 19.0 Å². The van der Waals surface area contributed by atoms with E-state index < -0.39 is 5.97 Å². The summed E-state index contributed by atoms with van der Waals surface area (Å²) >= 11 is 17.5. The first-order valence-corrected chi connectivity index (χ1v) is 6.34. The molecule has 0 aliphatic carbocycles. The summed E-state index contributed by atoms with van der Waals surface area (Å²) in [6, 6.07) is 7.04. The van der Waals surface area contributed by atoms with E-state index in [0.29, 0.717) is 15.6 Å². The van der Waals surface area contributed by atoms with Crippen molar-refractivity contribution in [2.75, 3.05) is 13.0 Å². The molecular formula is C13H11Cl3O2. The van der Waals surface area contributed by atoms with Crippen molar-refractivity contribution in [3.8, 4) is 0 Å². The van der Waals surface area contributed by atoms with Crippen molar-refractivity contribution in [3.63, 3.8) is 0 Å². The third-order valence-corrected chi connectivity index (χ3v) is 3.03. The molecule has 0 aliphatic heterocycles. The Bertz CT molecular complexity index is 476. The van der Waals surface area contributed by atoms with Crippen LogP contribution in [0, 0.1) is 0 Å². The summed E-state index contributed by atoms with van der Waals surface area (Å²) in [5, 5.41) is 1.12. The number of alkyl halides is 1. The summed E-state index contributed by atoms with van der Waals surface area (Å²) in [5.74, 6) is -0.407. The van der Waals surface area contributed by atoms with E-state index in [1.165, 1.54) is 13.2 Å². The number of benzene rings is 1. The number of hydrogen-bond donors (Lipinski definition) is 0. The first kappa shape index (κ1) is 15.1. The molecule has 0 atom stereocenters. The zero-order valence-corrected chi connectivity index (χ0v) is 11.9. The van der Waals surface area contributed by atoms with Gasteiger partial charge >= 0.3 is 5.97 Å². The average molecular weight is 306 g/mol. The van der Waals surface area contributed by atoms with Gasteiger partial charge in [0.1, 0.15) is 0 Å². The van der Waals surface area contributed by atoms with Gasteiger partial charge in [0.2, 0.25) is 0 Å². The van der Waals surface area contributed by atoms with Gasteiger partial charge in [-0.3, -0.25) is 0 Å². The van der Waals surface area contributed by atoms with E-state index in [9.17, 15) is 4.79 Å². The number of hydrogen-bond acceptors (Lipinski definition) is 2. The van der Waals surface area contributed by atoms with E-state index >= 15 is 0 Å². The van der Waals surface area contributed by atoms with E-state index in [1.807, 2.05) is 0 Å². The summed E-state index contributed by atoms with van der Waals surface area (Å²) in [4.78, 5) is 11.3. The second-order valence-electron chi connectivity index (χ2n) is 3.34. The van der Waals surface area contributed by atoms with Crippen molar-refractivity contribution in [3.05, 3.63) is 52.6 Å². The van der Waals surface area contributed by atoms with E-state index in [2.05, 4.69) is 4.74 Å². The van der Waals surface area contributed by atoms with Gasteiger partial charge in [-0.05, 0) is 29.8 Å². The lowest BCUT2D eigenvalue weighted by molar-refractivity contribution is -0.135. The summed E-state index contributed by atoms with van der Waals surface area (Å²) in [7, 11) is 1.30. The number of carbonyl (C=O) groups excluding carboxylic acids is 1. The molecule has 0 aromatic heterocycles. The van der Waals surface area contributed by atoms with Crippen LogP contribution < -0.4 is 0 Å². The molecule has 1 rings (SSSR count). The van der Waals surface area contributed by atoms with Crippen molar-refractivity contribution < 1.29 is 9.53 Å². The Balaban J connectivity index is 2.92.